The molecule has 0 bridgehead atoms. The number of ether oxygens (including phenoxy) is 1. The van der Waals surface area contributed by atoms with Gasteiger partial charge < -0.3 is 18.1 Å². The van der Waals surface area contributed by atoms with Crippen LogP contribution in [0.25, 0.3) is 11.6 Å². The van der Waals surface area contributed by atoms with E-state index < -0.39 is 0 Å². The minimum absolute atomic E-state index is 0.208. The minimum Gasteiger partial charge on any atom is -0.484 e. The molecule has 0 spiro atoms. The molecule has 0 amide bonds. The molecular weight excluding hydrogens is 356 g/mol. The molecule has 3 aromatic heterocycles. The Hall–Kier alpha value is -3.07. The molecule has 1 aromatic carbocycles. The third-order valence-corrected chi connectivity index (χ3v) is 4.16. The smallest absolute Gasteiger partial charge is 0.277 e. The summed E-state index contributed by atoms with van der Waals surface area (Å²) in [6, 6.07) is 11.3. The highest BCUT2D eigenvalue weighted by atomic mass is 32.2. The quantitative estimate of drug-likeness (QED) is 0.448. The third kappa shape index (κ3) is 3.94. The number of thioether (sulfide) groups is 1. The monoisotopic (exact) mass is 370 g/mol. The van der Waals surface area contributed by atoms with Gasteiger partial charge in [-0.15, -0.1) is 10.2 Å². The molecule has 0 saturated heterocycles. The largest absolute Gasteiger partial charge is 0.484 e. The summed E-state index contributed by atoms with van der Waals surface area (Å²) in [5.41, 5.74) is 1.17. The summed E-state index contributed by atoms with van der Waals surface area (Å²) in [5.74, 6) is 2.96. The average molecular weight is 370 g/mol. The van der Waals surface area contributed by atoms with Crippen LogP contribution in [0.15, 0.2) is 61.2 Å². The Labute approximate surface area is 152 Å². The van der Waals surface area contributed by atoms with Crippen molar-refractivity contribution in [3.8, 4) is 17.3 Å². The van der Waals surface area contributed by atoms with E-state index >= 15 is 0 Å². The van der Waals surface area contributed by atoms with Crippen LogP contribution in [-0.4, -0.2) is 20.3 Å². The van der Waals surface area contributed by atoms with Gasteiger partial charge in [0.15, 0.2) is 12.4 Å². The minimum atomic E-state index is 0.208. The number of nitrogens with zero attached hydrogens (tertiary/aromatic N) is 4. The summed E-state index contributed by atoms with van der Waals surface area (Å²) in [4.78, 5) is 4.25. The van der Waals surface area contributed by atoms with Crippen molar-refractivity contribution in [3.63, 3.8) is 0 Å². The summed E-state index contributed by atoms with van der Waals surface area (Å²) in [6.07, 6.45) is 1.55. The Bertz CT molecular complexity index is 963. The highest BCUT2D eigenvalue weighted by Gasteiger charge is 2.13. The Morgan fingerprint density at radius 2 is 1.96 bits per heavy atom. The normalized spacial score (nSPS) is 11.0. The van der Waals surface area contributed by atoms with E-state index in [0.717, 1.165) is 5.75 Å². The van der Waals surface area contributed by atoms with Crippen LogP contribution < -0.4 is 4.74 Å². The molecule has 3 heterocycles. The fourth-order valence-corrected chi connectivity index (χ4v) is 2.70. The molecule has 0 radical (unpaired) electrons. The molecular formula is C17H14N4O4S. The number of aromatic nitrogens is 4. The Morgan fingerprint density at radius 3 is 2.77 bits per heavy atom. The van der Waals surface area contributed by atoms with Gasteiger partial charge in [0.25, 0.3) is 11.1 Å². The topological polar surface area (TPSA) is 100 Å². The van der Waals surface area contributed by atoms with Gasteiger partial charge in [-0.1, -0.05) is 34.6 Å². The summed E-state index contributed by atoms with van der Waals surface area (Å²) in [6.45, 7) is 2.23. The lowest BCUT2D eigenvalue weighted by Crippen LogP contribution is -1.95. The number of aryl methyl sites for hydroxylation is 1. The predicted molar refractivity (Wildman–Crippen MR) is 91.4 cm³/mol. The Morgan fingerprint density at radius 1 is 1.08 bits per heavy atom. The van der Waals surface area contributed by atoms with Crippen LogP contribution in [0.3, 0.4) is 0 Å². The number of rotatable bonds is 7. The maximum absolute atomic E-state index is 5.61. The third-order valence-electron chi connectivity index (χ3n) is 3.36. The zero-order chi connectivity index (χ0) is 17.8. The van der Waals surface area contributed by atoms with E-state index in [2.05, 4.69) is 20.3 Å². The number of furan rings is 1. The van der Waals surface area contributed by atoms with Crippen molar-refractivity contribution < 1.29 is 18.1 Å². The van der Waals surface area contributed by atoms with Crippen LogP contribution in [0, 0.1) is 6.92 Å². The molecule has 4 aromatic rings. The fourth-order valence-electron chi connectivity index (χ4n) is 2.08. The first-order valence-corrected chi connectivity index (χ1v) is 8.76. The molecule has 0 atom stereocenters. The first kappa shape index (κ1) is 16.4. The van der Waals surface area contributed by atoms with Crippen LogP contribution in [-0.2, 0) is 12.4 Å². The van der Waals surface area contributed by atoms with Gasteiger partial charge in [0, 0.05) is 0 Å². The molecule has 132 valence electrons. The first-order chi connectivity index (χ1) is 12.8. The second-order valence-electron chi connectivity index (χ2n) is 5.34. The van der Waals surface area contributed by atoms with Crippen LogP contribution in [0.1, 0.15) is 17.3 Å². The van der Waals surface area contributed by atoms with E-state index in [4.69, 9.17) is 18.1 Å². The molecule has 0 aliphatic carbocycles. The van der Waals surface area contributed by atoms with Crippen molar-refractivity contribution in [2.45, 2.75) is 24.5 Å². The molecule has 0 fully saturated rings. The van der Waals surface area contributed by atoms with E-state index in [1.165, 1.54) is 17.3 Å². The highest BCUT2D eigenvalue weighted by Crippen LogP contribution is 2.23. The van der Waals surface area contributed by atoms with E-state index in [-0.39, 0.29) is 6.61 Å². The van der Waals surface area contributed by atoms with Crippen molar-refractivity contribution >= 4 is 11.8 Å². The van der Waals surface area contributed by atoms with E-state index in [1.807, 2.05) is 31.2 Å². The summed E-state index contributed by atoms with van der Waals surface area (Å²) < 4.78 is 21.5. The predicted octanol–water partition coefficient (Wildman–Crippen LogP) is 3.89. The van der Waals surface area contributed by atoms with Crippen LogP contribution in [0.5, 0.6) is 5.75 Å². The van der Waals surface area contributed by atoms with Crippen molar-refractivity contribution in [1.29, 1.82) is 0 Å². The molecule has 9 heteroatoms. The van der Waals surface area contributed by atoms with Gasteiger partial charge in [-0.3, -0.25) is 0 Å². The molecule has 8 nitrogen and oxygen atoms in total. The van der Waals surface area contributed by atoms with Crippen molar-refractivity contribution in [3.05, 3.63) is 60.0 Å². The molecule has 0 saturated carbocycles. The molecule has 0 N–H and O–H groups in total. The van der Waals surface area contributed by atoms with Gasteiger partial charge in [-0.05, 0) is 31.2 Å². The summed E-state index contributed by atoms with van der Waals surface area (Å²) in [7, 11) is 0. The summed E-state index contributed by atoms with van der Waals surface area (Å²) in [5, 5.41) is 12.2. The SMILES string of the molecule is Cc1ccc(OCc2nnc(SCc3nc(-c4ccco4)no3)o2)cc1. The molecule has 26 heavy (non-hydrogen) atoms. The second-order valence-corrected chi connectivity index (χ2v) is 6.27. The van der Waals surface area contributed by atoms with Crippen LogP contribution in [0.2, 0.25) is 0 Å². The lowest BCUT2D eigenvalue weighted by molar-refractivity contribution is 0.252. The number of hydrogen-bond acceptors (Lipinski definition) is 9. The zero-order valence-electron chi connectivity index (χ0n) is 13.8. The number of hydrogen-bond donors (Lipinski definition) is 0. The lowest BCUT2D eigenvalue weighted by atomic mass is 10.2. The Balaban J connectivity index is 1.30. The highest BCUT2D eigenvalue weighted by molar-refractivity contribution is 7.98. The Kier molecular flexibility index (Phi) is 4.69. The molecule has 0 unspecified atom stereocenters. The number of benzene rings is 1. The van der Waals surface area contributed by atoms with Gasteiger partial charge in [0.1, 0.15) is 5.75 Å². The van der Waals surface area contributed by atoms with E-state index in [1.54, 1.807) is 18.4 Å². The first-order valence-electron chi connectivity index (χ1n) is 7.77. The van der Waals surface area contributed by atoms with Crippen LogP contribution in [0.4, 0.5) is 0 Å². The van der Waals surface area contributed by atoms with Crippen LogP contribution >= 0.6 is 11.8 Å². The summed E-state index contributed by atoms with van der Waals surface area (Å²) >= 11 is 1.31. The fraction of sp³-hybridized carbons (Fsp3) is 0.176. The maximum Gasteiger partial charge on any atom is 0.277 e. The zero-order valence-corrected chi connectivity index (χ0v) is 14.6. The van der Waals surface area contributed by atoms with Gasteiger partial charge in [-0.2, -0.15) is 4.98 Å². The van der Waals surface area contributed by atoms with Crippen molar-refractivity contribution in [2.24, 2.45) is 0 Å². The lowest BCUT2D eigenvalue weighted by Gasteiger charge is -2.02. The van der Waals surface area contributed by atoms with Gasteiger partial charge in [-0.25, -0.2) is 0 Å². The molecule has 0 aliphatic heterocycles. The van der Waals surface area contributed by atoms with E-state index in [9.17, 15) is 0 Å². The van der Waals surface area contributed by atoms with Gasteiger partial charge >= 0.3 is 0 Å². The van der Waals surface area contributed by atoms with Gasteiger partial charge in [0.2, 0.25) is 11.7 Å². The molecule has 0 aliphatic rings. The standard InChI is InChI=1S/C17H14N4O4S/c1-11-4-6-12(7-5-11)23-9-14-19-20-17(24-14)26-10-15-18-16(21-25-15)13-3-2-8-22-13/h2-8H,9-10H2,1H3. The van der Waals surface area contributed by atoms with Crippen molar-refractivity contribution in [1.82, 2.24) is 20.3 Å². The average Bonchev–Trinajstić information content (AvgIpc) is 3.40. The van der Waals surface area contributed by atoms with E-state index in [0.29, 0.717) is 34.3 Å². The maximum atomic E-state index is 5.61. The van der Waals surface area contributed by atoms with Crippen molar-refractivity contribution in [2.75, 3.05) is 0 Å². The second kappa shape index (κ2) is 7.44. The van der Waals surface area contributed by atoms with Gasteiger partial charge in [0.05, 0.1) is 12.0 Å². The molecule has 4 rings (SSSR count).